The van der Waals surface area contributed by atoms with Gasteiger partial charge in [-0.1, -0.05) is 311 Å². The smallest absolute Gasteiger partial charge is 0.306 e. The number of carbonyl (C=O) groups excluding carboxylic acids is 3. The standard InChI is InChI=1S/C77H134O6/c1-4-7-10-13-16-19-22-25-28-31-33-35-36-37-38-39-40-42-43-46-49-52-55-58-61-64-67-70-76(79)82-73-74(72-81-75(78)69-66-63-60-57-54-51-48-45-30-27-24-21-18-15-12-9-6-3)83-77(80)71-68-65-62-59-56-53-50-47-44-41-34-32-29-26-23-20-17-14-11-8-5-2/h7,10,16,19,23,25-28,30,32-35,37-38,74H,4-6,8-9,11-15,17-18,20-22,24,29,31,36,39-73H2,1-3H3/b10-7-,19-16-,26-23-,28-25-,30-27-,34-32-,35-33-,38-37-. The minimum atomic E-state index is -0.785. The molecule has 0 aliphatic carbocycles. The first-order valence-corrected chi connectivity index (χ1v) is 35.7. The van der Waals surface area contributed by atoms with Gasteiger partial charge in [0.1, 0.15) is 13.2 Å². The summed E-state index contributed by atoms with van der Waals surface area (Å²) < 4.78 is 17.0. The van der Waals surface area contributed by atoms with Crippen molar-refractivity contribution in [3.05, 3.63) is 97.2 Å². The Balaban J connectivity index is 4.35. The molecule has 0 N–H and O–H groups in total. The lowest BCUT2D eigenvalue weighted by Crippen LogP contribution is -2.30. The molecule has 83 heavy (non-hydrogen) atoms. The molecule has 1 unspecified atom stereocenters. The van der Waals surface area contributed by atoms with E-state index in [0.29, 0.717) is 19.3 Å². The summed E-state index contributed by atoms with van der Waals surface area (Å²) in [5.74, 6) is -0.874. The summed E-state index contributed by atoms with van der Waals surface area (Å²) in [6.07, 6.45) is 95.6. The van der Waals surface area contributed by atoms with E-state index in [1.807, 2.05) is 0 Å². The van der Waals surface area contributed by atoms with Crippen LogP contribution in [0.15, 0.2) is 97.2 Å². The van der Waals surface area contributed by atoms with Gasteiger partial charge in [0.15, 0.2) is 6.10 Å². The molecule has 0 spiro atoms. The van der Waals surface area contributed by atoms with Crippen LogP contribution >= 0.6 is 0 Å². The van der Waals surface area contributed by atoms with Gasteiger partial charge < -0.3 is 14.2 Å². The van der Waals surface area contributed by atoms with Crippen molar-refractivity contribution in [3.63, 3.8) is 0 Å². The van der Waals surface area contributed by atoms with Gasteiger partial charge in [-0.15, -0.1) is 0 Å². The Morgan fingerprint density at radius 3 is 0.747 bits per heavy atom. The minimum Gasteiger partial charge on any atom is -0.462 e. The number of ether oxygens (including phenoxy) is 3. The number of esters is 3. The highest BCUT2D eigenvalue weighted by molar-refractivity contribution is 5.71. The first-order chi connectivity index (χ1) is 41.0. The topological polar surface area (TPSA) is 78.9 Å². The SMILES string of the molecule is CC/C=C\C/C=C\C/C=C\C/C=C\C/C=C\CCCCCCCCCCCCCC(=O)OCC(COC(=O)CCCCCCCCC/C=C\CCCCCCCC)OC(=O)CCCCCCCCCCC/C=C\C/C=C\CCCCCCC. The summed E-state index contributed by atoms with van der Waals surface area (Å²) in [5, 5.41) is 0. The first-order valence-electron chi connectivity index (χ1n) is 35.7. The van der Waals surface area contributed by atoms with Gasteiger partial charge in [0.05, 0.1) is 0 Å². The van der Waals surface area contributed by atoms with Crippen LogP contribution in [0.1, 0.15) is 355 Å². The maximum atomic E-state index is 13.0. The van der Waals surface area contributed by atoms with Crippen LogP contribution in [-0.2, 0) is 28.6 Å². The Bertz CT molecular complexity index is 1610. The summed E-state index contributed by atoms with van der Waals surface area (Å²) in [4.78, 5) is 38.5. The van der Waals surface area contributed by atoms with Gasteiger partial charge >= 0.3 is 17.9 Å². The summed E-state index contributed by atoms with van der Waals surface area (Å²) in [7, 11) is 0. The maximum absolute atomic E-state index is 13.0. The molecule has 6 nitrogen and oxygen atoms in total. The molecule has 6 heteroatoms. The lowest BCUT2D eigenvalue weighted by Gasteiger charge is -2.18. The molecule has 0 radical (unpaired) electrons. The quantitative estimate of drug-likeness (QED) is 0.0261. The molecule has 0 fully saturated rings. The fourth-order valence-corrected chi connectivity index (χ4v) is 10.2. The van der Waals surface area contributed by atoms with E-state index in [-0.39, 0.29) is 31.1 Å². The van der Waals surface area contributed by atoms with Crippen molar-refractivity contribution in [3.8, 4) is 0 Å². The molecule has 0 saturated carbocycles. The highest BCUT2D eigenvalue weighted by Gasteiger charge is 2.19. The largest absolute Gasteiger partial charge is 0.462 e. The molecule has 1 atom stereocenters. The highest BCUT2D eigenvalue weighted by Crippen LogP contribution is 2.17. The predicted octanol–water partition coefficient (Wildman–Crippen LogP) is 24.8. The lowest BCUT2D eigenvalue weighted by atomic mass is 10.0. The average Bonchev–Trinajstić information content (AvgIpc) is 3.49. The molecular formula is C77H134O6. The van der Waals surface area contributed by atoms with Crippen LogP contribution in [0.3, 0.4) is 0 Å². The van der Waals surface area contributed by atoms with Gasteiger partial charge in [0.25, 0.3) is 0 Å². The monoisotopic (exact) mass is 1160 g/mol. The molecule has 0 aliphatic heterocycles. The first kappa shape index (κ1) is 79.3. The molecule has 0 aliphatic rings. The third-order valence-electron chi connectivity index (χ3n) is 15.5. The van der Waals surface area contributed by atoms with Crippen molar-refractivity contribution in [2.24, 2.45) is 0 Å². The highest BCUT2D eigenvalue weighted by atomic mass is 16.6. The summed E-state index contributed by atoms with van der Waals surface area (Å²) in [6, 6.07) is 0. The zero-order valence-electron chi connectivity index (χ0n) is 54.9. The molecule has 0 heterocycles. The van der Waals surface area contributed by atoms with E-state index in [2.05, 4.69) is 118 Å². The van der Waals surface area contributed by atoms with Gasteiger partial charge in [-0.2, -0.15) is 0 Å². The van der Waals surface area contributed by atoms with Crippen molar-refractivity contribution >= 4 is 17.9 Å². The van der Waals surface area contributed by atoms with Crippen LogP contribution in [0.5, 0.6) is 0 Å². The Morgan fingerprint density at radius 1 is 0.253 bits per heavy atom. The van der Waals surface area contributed by atoms with Gasteiger partial charge in [-0.05, 0) is 122 Å². The van der Waals surface area contributed by atoms with Crippen LogP contribution in [-0.4, -0.2) is 37.2 Å². The molecule has 0 rings (SSSR count). The van der Waals surface area contributed by atoms with E-state index in [9.17, 15) is 14.4 Å². The third-order valence-corrected chi connectivity index (χ3v) is 15.5. The predicted molar refractivity (Wildman–Crippen MR) is 362 cm³/mol. The summed E-state index contributed by atoms with van der Waals surface area (Å²) >= 11 is 0. The maximum Gasteiger partial charge on any atom is 0.306 e. The van der Waals surface area contributed by atoms with E-state index in [1.165, 1.54) is 218 Å². The molecule has 0 bridgehead atoms. The third kappa shape index (κ3) is 69.0. The van der Waals surface area contributed by atoms with Gasteiger partial charge in [0.2, 0.25) is 0 Å². The zero-order chi connectivity index (χ0) is 59.9. The second kappa shape index (κ2) is 70.8. The van der Waals surface area contributed by atoms with Crippen molar-refractivity contribution in [1.29, 1.82) is 0 Å². The summed E-state index contributed by atoms with van der Waals surface area (Å²) in [5.41, 5.74) is 0. The fraction of sp³-hybridized carbons (Fsp3) is 0.753. The number of carbonyl (C=O) groups is 3. The number of unbranched alkanes of at least 4 members (excludes halogenated alkanes) is 38. The molecule has 0 aromatic rings. The van der Waals surface area contributed by atoms with Crippen molar-refractivity contribution in [2.75, 3.05) is 13.2 Å². The number of hydrogen-bond donors (Lipinski definition) is 0. The molecule has 0 aromatic heterocycles. The lowest BCUT2D eigenvalue weighted by molar-refractivity contribution is -0.167. The van der Waals surface area contributed by atoms with Crippen molar-refractivity contribution in [1.82, 2.24) is 0 Å². The molecular weight excluding hydrogens is 1020 g/mol. The van der Waals surface area contributed by atoms with Crippen LogP contribution in [0.25, 0.3) is 0 Å². The molecule has 0 saturated heterocycles. The number of hydrogen-bond acceptors (Lipinski definition) is 6. The molecule has 478 valence electrons. The normalized spacial score (nSPS) is 12.7. The van der Waals surface area contributed by atoms with E-state index in [4.69, 9.17) is 14.2 Å². The van der Waals surface area contributed by atoms with E-state index in [0.717, 1.165) is 96.3 Å². The Labute approximate surface area is 515 Å². The molecule has 0 aromatic carbocycles. The second-order valence-electron chi connectivity index (χ2n) is 23.8. The van der Waals surface area contributed by atoms with E-state index < -0.39 is 6.10 Å². The Kier molecular flexibility index (Phi) is 67.7. The van der Waals surface area contributed by atoms with Crippen LogP contribution in [0, 0.1) is 0 Å². The Morgan fingerprint density at radius 2 is 0.470 bits per heavy atom. The summed E-state index contributed by atoms with van der Waals surface area (Å²) in [6.45, 7) is 6.55. The second-order valence-corrected chi connectivity index (χ2v) is 23.8. The molecule has 0 amide bonds. The average molecular weight is 1160 g/mol. The van der Waals surface area contributed by atoms with Gasteiger partial charge in [0, 0.05) is 19.3 Å². The minimum absolute atomic E-state index is 0.0801. The van der Waals surface area contributed by atoms with Crippen LogP contribution in [0.2, 0.25) is 0 Å². The fourth-order valence-electron chi connectivity index (χ4n) is 10.2. The van der Waals surface area contributed by atoms with E-state index in [1.54, 1.807) is 0 Å². The van der Waals surface area contributed by atoms with Gasteiger partial charge in [-0.25, -0.2) is 0 Å². The van der Waals surface area contributed by atoms with Crippen LogP contribution in [0.4, 0.5) is 0 Å². The van der Waals surface area contributed by atoms with Crippen molar-refractivity contribution < 1.29 is 28.6 Å². The number of allylic oxidation sites excluding steroid dienone is 16. The zero-order valence-corrected chi connectivity index (χ0v) is 54.9. The van der Waals surface area contributed by atoms with Crippen LogP contribution < -0.4 is 0 Å². The Hall–Kier alpha value is -3.67. The van der Waals surface area contributed by atoms with Gasteiger partial charge in [-0.3, -0.25) is 14.4 Å². The van der Waals surface area contributed by atoms with Crippen molar-refractivity contribution in [2.45, 2.75) is 361 Å². The van der Waals surface area contributed by atoms with E-state index >= 15 is 0 Å². The number of rotatable bonds is 65.